The molecule has 134 valence electrons. The Morgan fingerprint density at radius 2 is 2.19 bits per heavy atom. The largest absolute Gasteiger partial charge is 0.340 e. The van der Waals surface area contributed by atoms with Gasteiger partial charge in [-0.05, 0) is 37.0 Å². The van der Waals surface area contributed by atoms with Gasteiger partial charge in [0.1, 0.15) is 0 Å². The van der Waals surface area contributed by atoms with E-state index in [2.05, 4.69) is 27.2 Å². The Morgan fingerprint density at radius 3 is 3.00 bits per heavy atom. The van der Waals surface area contributed by atoms with Gasteiger partial charge in [0.15, 0.2) is 5.82 Å². The molecule has 7 heteroatoms. The molecule has 2 aromatic heterocycles. The third-order valence-corrected chi connectivity index (χ3v) is 5.33. The van der Waals surface area contributed by atoms with Gasteiger partial charge in [-0.3, -0.25) is 14.2 Å². The molecule has 1 aliphatic carbocycles. The average molecular weight is 350 g/mol. The highest BCUT2D eigenvalue weighted by atomic mass is 16.1. The molecular weight excluding hydrogens is 328 g/mol. The van der Waals surface area contributed by atoms with Gasteiger partial charge in [-0.2, -0.15) is 10.2 Å². The lowest BCUT2D eigenvalue weighted by molar-refractivity contribution is -0.118. The third-order valence-electron chi connectivity index (χ3n) is 5.33. The number of hydrogen-bond acceptors (Lipinski definition) is 4. The van der Waals surface area contributed by atoms with Crippen LogP contribution in [-0.2, 0) is 31.4 Å². The van der Waals surface area contributed by atoms with Crippen molar-refractivity contribution in [2.75, 3.05) is 11.9 Å². The number of anilines is 2. The maximum Gasteiger partial charge on any atom is 0.210 e. The molecule has 3 heterocycles. The lowest BCUT2D eigenvalue weighted by atomic mass is 10.1. The number of carbonyl (C=O) groups excluding carboxylic acids is 1. The molecule has 0 unspecified atom stereocenters. The molecule has 1 aliphatic heterocycles. The number of rotatable bonds is 5. The fourth-order valence-corrected chi connectivity index (χ4v) is 3.75. The zero-order chi connectivity index (χ0) is 17.7. The first-order valence-electron chi connectivity index (χ1n) is 9.18. The second kappa shape index (κ2) is 5.86. The predicted molar refractivity (Wildman–Crippen MR) is 99.1 cm³/mol. The molecule has 0 spiro atoms. The van der Waals surface area contributed by atoms with Crippen molar-refractivity contribution in [3.05, 3.63) is 35.7 Å². The number of aryl methyl sites for hydroxylation is 1. The molecule has 7 nitrogen and oxygen atoms in total. The van der Waals surface area contributed by atoms with Crippen LogP contribution in [0.4, 0.5) is 11.5 Å². The van der Waals surface area contributed by atoms with Gasteiger partial charge in [-0.1, -0.05) is 0 Å². The van der Waals surface area contributed by atoms with E-state index in [9.17, 15) is 4.79 Å². The zero-order valence-electron chi connectivity index (χ0n) is 14.9. The van der Waals surface area contributed by atoms with Crippen molar-refractivity contribution in [2.24, 2.45) is 13.0 Å². The van der Waals surface area contributed by atoms with Crippen LogP contribution in [0, 0.1) is 5.92 Å². The van der Waals surface area contributed by atoms with Crippen LogP contribution in [0.2, 0.25) is 0 Å². The number of carbonyl (C=O) groups is 1. The van der Waals surface area contributed by atoms with E-state index in [0.29, 0.717) is 6.54 Å². The molecule has 2 aliphatic rings. The van der Waals surface area contributed by atoms with Crippen molar-refractivity contribution < 1.29 is 4.79 Å². The highest BCUT2D eigenvalue weighted by molar-refractivity contribution is 5.82. The van der Waals surface area contributed by atoms with Gasteiger partial charge in [0, 0.05) is 55.1 Å². The highest BCUT2D eigenvalue weighted by Gasteiger charge is 2.28. The molecule has 26 heavy (non-hydrogen) atoms. The maximum atomic E-state index is 11.3. The van der Waals surface area contributed by atoms with Gasteiger partial charge in [0.2, 0.25) is 6.41 Å². The first-order chi connectivity index (χ1) is 12.7. The van der Waals surface area contributed by atoms with Gasteiger partial charge < -0.3 is 10.2 Å². The summed E-state index contributed by atoms with van der Waals surface area (Å²) in [7, 11) is 1.93. The lowest BCUT2D eigenvalue weighted by Gasteiger charge is -2.24. The molecule has 0 radical (unpaired) electrons. The first-order valence-corrected chi connectivity index (χ1v) is 9.18. The van der Waals surface area contributed by atoms with E-state index in [0.717, 1.165) is 59.8 Å². The van der Waals surface area contributed by atoms with Crippen LogP contribution in [-0.4, -0.2) is 37.4 Å². The second-order valence-electron chi connectivity index (χ2n) is 7.43. The molecule has 1 amide bonds. The predicted octanol–water partition coefficient (Wildman–Crippen LogP) is 2.44. The Labute approximate surface area is 151 Å². The molecule has 0 saturated heterocycles. The highest BCUT2D eigenvalue weighted by Crippen LogP contribution is 2.34. The molecule has 1 aromatic carbocycles. The summed E-state index contributed by atoms with van der Waals surface area (Å²) in [6.45, 7) is 2.38. The van der Waals surface area contributed by atoms with Crippen LogP contribution in [0.25, 0.3) is 10.9 Å². The van der Waals surface area contributed by atoms with Crippen LogP contribution in [0.1, 0.15) is 24.1 Å². The maximum absolute atomic E-state index is 11.3. The van der Waals surface area contributed by atoms with Crippen LogP contribution in [0.3, 0.4) is 0 Å². The summed E-state index contributed by atoms with van der Waals surface area (Å²) < 4.78 is 3.99. The number of amides is 1. The Morgan fingerprint density at radius 1 is 1.31 bits per heavy atom. The SMILES string of the molecule is Cn1cc2ccc(Nc3nn(CC4CC4)c4c3CN(C=O)CC4)cc2n1. The average Bonchev–Trinajstić information content (AvgIpc) is 3.29. The number of hydrogen-bond donors (Lipinski definition) is 1. The van der Waals surface area contributed by atoms with Gasteiger partial charge in [-0.25, -0.2) is 0 Å². The van der Waals surface area contributed by atoms with E-state index in [4.69, 9.17) is 5.10 Å². The fraction of sp³-hybridized carbons (Fsp3) is 0.421. The number of nitrogens with one attached hydrogen (secondary N) is 1. The van der Waals surface area contributed by atoms with E-state index in [1.165, 1.54) is 18.5 Å². The van der Waals surface area contributed by atoms with Crippen molar-refractivity contribution >= 4 is 28.8 Å². The molecule has 3 aromatic rings. The smallest absolute Gasteiger partial charge is 0.210 e. The van der Waals surface area contributed by atoms with E-state index < -0.39 is 0 Å². The Hall–Kier alpha value is -2.83. The van der Waals surface area contributed by atoms with Gasteiger partial charge in [-0.15, -0.1) is 0 Å². The zero-order valence-corrected chi connectivity index (χ0v) is 14.9. The van der Waals surface area contributed by atoms with Gasteiger partial charge in [0.25, 0.3) is 0 Å². The van der Waals surface area contributed by atoms with Gasteiger partial charge >= 0.3 is 0 Å². The van der Waals surface area contributed by atoms with Crippen molar-refractivity contribution in [3.8, 4) is 0 Å². The van der Waals surface area contributed by atoms with E-state index in [-0.39, 0.29) is 0 Å². The van der Waals surface area contributed by atoms with Crippen molar-refractivity contribution in [3.63, 3.8) is 0 Å². The van der Waals surface area contributed by atoms with E-state index in [1.807, 2.05) is 28.9 Å². The molecule has 0 atom stereocenters. The van der Waals surface area contributed by atoms with Gasteiger partial charge in [0.05, 0.1) is 12.1 Å². The van der Waals surface area contributed by atoms with Crippen LogP contribution in [0.5, 0.6) is 0 Å². The summed E-state index contributed by atoms with van der Waals surface area (Å²) in [5.41, 5.74) is 4.35. The summed E-state index contributed by atoms with van der Waals surface area (Å²) in [6, 6.07) is 6.16. The molecule has 1 saturated carbocycles. The summed E-state index contributed by atoms with van der Waals surface area (Å²) in [4.78, 5) is 13.1. The molecule has 1 N–H and O–H groups in total. The standard InChI is InChI=1S/C19H22N6O/c1-23-10-14-4-5-15(8-17(14)21-23)20-19-16-11-24(12-26)7-6-18(16)25(22-19)9-13-2-3-13/h4-5,8,10,12-13H,2-3,6-7,9,11H2,1H3,(H,20,22). The van der Waals surface area contributed by atoms with Crippen LogP contribution >= 0.6 is 0 Å². The molecular formula is C19H22N6O. The van der Waals surface area contributed by atoms with Crippen molar-refractivity contribution in [2.45, 2.75) is 32.4 Å². The minimum absolute atomic E-state index is 0.623. The fourth-order valence-electron chi connectivity index (χ4n) is 3.75. The number of fused-ring (bicyclic) bond motifs is 2. The minimum atomic E-state index is 0.623. The quantitative estimate of drug-likeness (QED) is 0.718. The van der Waals surface area contributed by atoms with Crippen molar-refractivity contribution in [1.29, 1.82) is 0 Å². The number of benzene rings is 1. The molecule has 0 bridgehead atoms. The first kappa shape index (κ1) is 15.4. The molecule has 1 fully saturated rings. The van der Waals surface area contributed by atoms with Crippen molar-refractivity contribution in [1.82, 2.24) is 24.5 Å². The second-order valence-corrected chi connectivity index (χ2v) is 7.43. The number of nitrogens with zero attached hydrogens (tertiary/aromatic N) is 5. The Balaban J connectivity index is 1.50. The summed E-state index contributed by atoms with van der Waals surface area (Å²) in [5.74, 6) is 1.63. The molecule has 5 rings (SSSR count). The monoisotopic (exact) mass is 350 g/mol. The van der Waals surface area contributed by atoms with E-state index in [1.54, 1.807) is 0 Å². The Kier molecular flexibility index (Phi) is 3.48. The third kappa shape index (κ3) is 2.73. The topological polar surface area (TPSA) is 68.0 Å². The minimum Gasteiger partial charge on any atom is -0.340 e. The summed E-state index contributed by atoms with van der Waals surface area (Å²) >= 11 is 0. The Bertz CT molecular complexity index is 983. The van der Waals surface area contributed by atoms with E-state index >= 15 is 0 Å². The van der Waals surface area contributed by atoms with Crippen LogP contribution in [0.15, 0.2) is 24.4 Å². The lowest BCUT2D eigenvalue weighted by Crippen LogP contribution is -2.30. The summed E-state index contributed by atoms with van der Waals surface area (Å²) in [6.07, 6.45) is 6.41. The number of aromatic nitrogens is 4. The normalized spacial score (nSPS) is 16.7. The van der Waals surface area contributed by atoms with Crippen LogP contribution < -0.4 is 5.32 Å². The summed E-state index contributed by atoms with van der Waals surface area (Å²) in [5, 5.41) is 13.9.